The molecule has 1 aromatic heterocycles. The maximum Gasteiger partial charge on any atom is 0.405 e. The van der Waals surface area contributed by atoms with Gasteiger partial charge in [0.1, 0.15) is 6.20 Å². The van der Waals surface area contributed by atoms with Gasteiger partial charge >= 0.3 is 11.9 Å². The number of nitrogens with two attached hydrogens (primary N) is 1. The van der Waals surface area contributed by atoms with Gasteiger partial charge in [-0.05, 0) is 95.8 Å². The van der Waals surface area contributed by atoms with Gasteiger partial charge in [0.25, 0.3) is 0 Å². The van der Waals surface area contributed by atoms with E-state index in [1.807, 2.05) is 18.2 Å². The zero-order chi connectivity index (χ0) is 44.5. The number of ether oxygens (including phenoxy) is 5. The van der Waals surface area contributed by atoms with Crippen molar-refractivity contribution in [2.24, 2.45) is 12.8 Å². The number of aromatic hydroxyl groups is 2. The van der Waals surface area contributed by atoms with Crippen molar-refractivity contribution in [2.45, 2.75) is 57.2 Å². The molecule has 0 radical (unpaired) electrons. The van der Waals surface area contributed by atoms with Crippen molar-refractivity contribution >= 4 is 41.5 Å². The summed E-state index contributed by atoms with van der Waals surface area (Å²) >= 11 is 0. The van der Waals surface area contributed by atoms with Crippen LogP contribution in [-0.4, -0.2) is 82.2 Å². The van der Waals surface area contributed by atoms with Crippen LogP contribution in [0.3, 0.4) is 0 Å². The Morgan fingerprint density at radius 2 is 1.46 bits per heavy atom. The second-order valence-corrected chi connectivity index (χ2v) is 13.7. The minimum Gasteiger partial charge on any atom is -0.504 e. The fourth-order valence-electron chi connectivity index (χ4n) is 6.21. The van der Waals surface area contributed by atoms with Crippen molar-refractivity contribution in [1.82, 2.24) is 14.9 Å². The van der Waals surface area contributed by atoms with Crippen molar-refractivity contribution in [3.8, 4) is 34.5 Å². The number of allylic oxidation sites excluding steroid dienone is 2. The number of imidazole rings is 1. The third-order valence-electron chi connectivity index (χ3n) is 9.50. The monoisotopic (exact) mass is 843 g/mol. The average Bonchev–Trinajstić information content (AvgIpc) is 4.01. The van der Waals surface area contributed by atoms with E-state index in [9.17, 15) is 39.5 Å². The van der Waals surface area contributed by atoms with Crippen molar-refractivity contribution in [1.29, 1.82) is 0 Å². The molecule has 18 heteroatoms. The minimum absolute atomic E-state index is 0.00662. The van der Waals surface area contributed by atoms with Gasteiger partial charge < -0.3 is 55.1 Å². The molecule has 2 fully saturated rings. The van der Waals surface area contributed by atoms with Crippen molar-refractivity contribution in [2.75, 3.05) is 27.9 Å². The zero-order valence-electron chi connectivity index (χ0n) is 34.2. The quantitative estimate of drug-likeness (QED) is 0.0470. The number of aromatic nitrogens is 2. The fraction of sp³-hybridized carbons (Fsp3) is 0.326. The fourth-order valence-corrected chi connectivity index (χ4v) is 6.21. The number of nitrogens with zero attached hydrogens (tertiary/aromatic N) is 3. The molecule has 1 aliphatic heterocycles. The van der Waals surface area contributed by atoms with Gasteiger partial charge in [-0.25, -0.2) is 14.3 Å². The SMILES string of the molecule is COc1cc(/C=C/C(=O)CC(=O)/C=C/c2ccc(O)c(OC)c2)ccc1O.COc1ccc(C2CNC(=O)C2)cc1OC1CCCC1.Cn1c([N+](=O)[O-])cnc1COC(N)=O. The molecule has 18 nitrogen and oxygen atoms in total. The third kappa shape index (κ3) is 14.2. The van der Waals surface area contributed by atoms with Gasteiger partial charge in [0.15, 0.2) is 52.7 Å². The molecule has 3 aromatic carbocycles. The second kappa shape index (κ2) is 22.7. The lowest BCUT2D eigenvalue weighted by atomic mass is 9.98. The Hall–Kier alpha value is -7.37. The predicted octanol–water partition coefficient (Wildman–Crippen LogP) is 5.91. The van der Waals surface area contributed by atoms with Gasteiger partial charge in [-0.15, -0.1) is 0 Å². The molecule has 1 saturated carbocycles. The molecule has 0 bridgehead atoms. The van der Waals surface area contributed by atoms with Gasteiger partial charge in [-0.3, -0.25) is 14.4 Å². The largest absolute Gasteiger partial charge is 0.504 e. The van der Waals surface area contributed by atoms with Gasteiger partial charge in [0.2, 0.25) is 11.7 Å². The van der Waals surface area contributed by atoms with Crippen LogP contribution in [0.5, 0.6) is 34.5 Å². The van der Waals surface area contributed by atoms with E-state index in [4.69, 9.17) is 24.7 Å². The number of carbonyl (C=O) groups is 4. The summed E-state index contributed by atoms with van der Waals surface area (Å²) in [4.78, 5) is 59.0. The first-order valence-electron chi connectivity index (χ1n) is 19.1. The summed E-state index contributed by atoms with van der Waals surface area (Å²) in [6.07, 6.45) is 11.2. The molecule has 4 aromatic rings. The summed E-state index contributed by atoms with van der Waals surface area (Å²) in [5.74, 6) is 1.97. The maximum absolute atomic E-state index is 11.9. The van der Waals surface area contributed by atoms with Crippen LogP contribution in [0.1, 0.15) is 67.0 Å². The summed E-state index contributed by atoms with van der Waals surface area (Å²) in [6.45, 7) is 0.535. The average molecular weight is 844 g/mol. The number of amides is 2. The van der Waals surface area contributed by atoms with Crippen LogP contribution in [0.15, 0.2) is 72.9 Å². The molecule has 0 spiro atoms. The normalized spacial score (nSPS) is 14.6. The number of rotatable bonds is 15. The summed E-state index contributed by atoms with van der Waals surface area (Å²) in [5, 5.41) is 32.3. The number of primary amides is 1. The van der Waals surface area contributed by atoms with E-state index in [1.165, 1.54) is 63.0 Å². The molecule has 5 N–H and O–H groups in total. The molecule has 1 atom stereocenters. The molecular weight excluding hydrogens is 794 g/mol. The Kier molecular flexibility index (Phi) is 17.2. The highest BCUT2D eigenvalue weighted by molar-refractivity contribution is 6.10. The van der Waals surface area contributed by atoms with Crippen LogP contribution < -0.4 is 30.0 Å². The smallest absolute Gasteiger partial charge is 0.405 e. The number of benzene rings is 3. The van der Waals surface area contributed by atoms with Crippen LogP contribution in [-0.2, 0) is 32.8 Å². The van der Waals surface area contributed by atoms with Crippen molar-refractivity contribution < 1.29 is 58.0 Å². The number of phenolic OH excluding ortho intramolecular Hbond substituents is 2. The molecule has 324 valence electrons. The summed E-state index contributed by atoms with van der Waals surface area (Å²) in [7, 11) is 5.98. The zero-order valence-corrected chi connectivity index (χ0v) is 34.2. The number of hydrogen-bond acceptors (Lipinski definition) is 14. The summed E-state index contributed by atoms with van der Waals surface area (Å²) in [5.41, 5.74) is 7.20. The summed E-state index contributed by atoms with van der Waals surface area (Å²) in [6, 6.07) is 15.4. The molecule has 2 heterocycles. The lowest BCUT2D eigenvalue weighted by Gasteiger charge is -2.18. The van der Waals surface area contributed by atoms with E-state index in [0.717, 1.165) is 36.1 Å². The Bertz CT molecular complexity index is 2170. The van der Waals surface area contributed by atoms with Crippen LogP contribution >= 0.6 is 0 Å². The van der Waals surface area contributed by atoms with Crippen molar-refractivity contribution in [3.63, 3.8) is 0 Å². The summed E-state index contributed by atoms with van der Waals surface area (Å²) < 4.78 is 27.1. The Morgan fingerprint density at radius 3 is 1.93 bits per heavy atom. The van der Waals surface area contributed by atoms with Crippen LogP contribution in [0, 0.1) is 10.1 Å². The predicted molar refractivity (Wildman–Crippen MR) is 222 cm³/mol. The Morgan fingerprint density at radius 1 is 0.885 bits per heavy atom. The highest BCUT2D eigenvalue weighted by Crippen LogP contribution is 2.36. The topological polar surface area (TPSA) is 254 Å². The number of methoxy groups -OCH3 is 3. The first kappa shape index (κ1) is 46.3. The van der Waals surface area contributed by atoms with Gasteiger partial charge in [-0.1, -0.05) is 30.4 Å². The van der Waals surface area contributed by atoms with Gasteiger partial charge in [-0.2, -0.15) is 0 Å². The molecular formula is C43H49N5O13. The molecule has 2 amide bonds. The van der Waals surface area contributed by atoms with E-state index in [0.29, 0.717) is 41.7 Å². The maximum atomic E-state index is 11.9. The number of nitrogens with one attached hydrogen (secondary N) is 1. The number of nitro groups is 1. The third-order valence-corrected chi connectivity index (χ3v) is 9.50. The van der Waals surface area contributed by atoms with Crippen molar-refractivity contribution in [3.05, 3.63) is 106 Å². The van der Waals surface area contributed by atoms with Crippen LogP contribution in [0.2, 0.25) is 0 Å². The van der Waals surface area contributed by atoms with E-state index in [2.05, 4.69) is 15.0 Å². The van der Waals surface area contributed by atoms with E-state index in [1.54, 1.807) is 43.5 Å². The van der Waals surface area contributed by atoms with Crippen LogP contribution in [0.4, 0.5) is 10.6 Å². The molecule has 61 heavy (non-hydrogen) atoms. The first-order valence-corrected chi connectivity index (χ1v) is 19.1. The van der Waals surface area contributed by atoms with Gasteiger partial charge in [0, 0.05) is 18.9 Å². The Labute approximate surface area is 351 Å². The highest BCUT2D eigenvalue weighted by atomic mass is 16.6. The minimum atomic E-state index is -0.948. The first-order chi connectivity index (χ1) is 29.2. The standard InChI is InChI=1S/C21H20O6.C16H21NO3.C6H8N4O4/c1-26-20-11-14(5-9-18(20)24)3-7-16(22)13-17(23)8-4-15-6-10-19(25)21(12-15)27-2;1-19-14-7-6-11(12-9-16(18)17-10-12)8-15(14)20-13-4-2-3-5-13;1-9-4(3-14-6(7)11)8-2-5(9)10(12)13/h3-12,24-25H,13H2,1-2H3;6-8,12-13H,2-5,9-10H2,1H3,(H,17,18);2H,3H2,1H3,(H2,7,11)/b7-3+,8-4+;;. The van der Waals surface area contributed by atoms with Gasteiger partial charge in [0.05, 0.1) is 40.9 Å². The lowest BCUT2D eigenvalue weighted by Crippen LogP contribution is -2.14. The number of ketones is 2. The molecule has 6 rings (SSSR count). The van der Waals surface area contributed by atoms with E-state index < -0.39 is 11.0 Å². The molecule has 2 aliphatic rings. The second-order valence-electron chi connectivity index (χ2n) is 13.7. The molecule has 1 unspecified atom stereocenters. The molecule has 1 aliphatic carbocycles. The highest BCUT2D eigenvalue weighted by Gasteiger charge is 2.25. The lowest BCUT2D eigenvalue weighted by molar-refractivity contribution is -0.391. The number of hydrogen-bond donors (Lipinski definition) is 4. The van der Waals surface area contributed by atoms with E-state index >= 15 is 0 Å². The number of carbonyl (C=O) groups excluding carboxylic acids is 4. The molecule has 1 saturated heterocycles. The Balaban J connectivity index is 0.000000212. The van der Waals surface area contributed by atoms with E-state index in [-0.39, 0.29) is 59.6 Å². The number of phenols is 2. The van der Waals surface area contributed by atoms with Crippen LogP contribution in [0.25, 0.3) is 12.2 Å².